The molecule has 3 N–H and O–H groups in total. The van der Waals surface area contributed by atoms with Gasteiger partial charge in [-0.15, -0.1) is 0 Å². The van der Waals surface area contributed by atoms with E-state index >= 15 is 0 Å². The number of nitrogens with zero attached hydrogens (tertiary/aromatic N) is 1. The zero-order valence-corrected chi connectivity index (χ0v) is 9.73. The number of carbonyl (C=O) groups is 1. The van der Waals surface area contributed by atoms with Gasteiger partial charge < -0.3 is 15.6 Å². The number of likely N-dealkylation sites (tertiary alicyclic amines) is 1. The summed E-state index contributed by atoms with van der Waals surface area (Å²) in [5.74, 6) is -0.229. The summed E-state index contributed by atoms with van der Waals surface area (Å²) in [6.07, 6.45) is 3.84. The first-order chi connectivity index (χ1) is 7.74. The van der Waals surface area contributed by atoms with E-state index in [4.69, 9.17) is 15.6 Å². The number of ether oxygens (including phenoxy) is 1. The standard InChI is InChI=1S/C11H22N2O3/c12-11(15)9-10-3-1-2-4-13(10)5-7-16-8-6-14/h10,14H,1-9H2,(H2,12,15). The molecular formula is C11H22N2O3. The molecule has 1 heterocycles. The Morgan fingerprint density at radius 3 is 2.94 bits per heavy atom. The molecular weight excluding hydrogens is 208 g/mol. The van der Waals surface area contributed by atoms with E-state index in [1.54, 1.807) is 0 Å². The molecule has 1 atom stereocenters. The summed E-state index contributed by atoms with van der Waals surface area (Å²) in [5, 5.41) is 8.57. The molecule has 0 radical (unpaired) electrons. The molecule has 94 valence electrons. The van der Waals surface area contributed by atoms with Gasteiger partial charge in [0, 0.05) is 19.0 Å². The zero-order valence-electron chi connectivity index (χ0n) is 9.73. The van der Waals surface area contributed by atoms with Gasteiger partial charge in [0.1, 0.15) is 0 Å². The highest BCUT2D eigenvalue weighted by atomic mass is 16.5. The van der Waals surface area contributed by atoms with Crippen molar-refractivity contribution in [1.82, 2.24) is 4.90 Å². The number of amides is 1. The molecule has 5 heteroatoms. The number of aliphatic hydroxyl groups is 1. The van der Waals surface area contributed by atoms with E-state index in [-0.39, 0.29) is 18.6 Å². The Hall–Kier alpha value is -0.650. The first-order valence-electron chi connectivity index (χ1n) is 5.95. The monoisotopic (exact) mass is 230 g/mol. The number of primary amides is 1. The molecule has 5 nitrogen and oxygen atoms in total. The largest absolute Gasteiger partial charge is 0.394 e. The van der Waals surface area contributed by atoms with Gasteiger partial charge >= 0.3 is 0 Å². The number of hydrogen-bond donors (Lipinski definition) is 2. The summed E-state index contributed by atoms with van der Waals surface area (Å²) in [6.45, 7) is 2.88. The summed E-state index contributed by atoms with van der Waals surface area (Å²) in [7, 11) is 0. The fourth-order valence-corrected chi connectivity index (χ4v) is 2.17. The van der Waals surface area contributed by atoms with Crippen LogP contribution in [0.5, 0.6) is 0 Å². The van der Waals surface area contributed by atoms with Crippen LogP contribution in [0.4, 0.5) is 0 Å². The molecule has 1 unspecified atom stereocenters. The van der Waals surface area contributed by atoms with Gasteiger partial charge in [-0.2, -0.15) is 0 Å². The maximum atomic E-state index is 10.9. The van der Waals surface area contributed by atoms with Gasteiger partial charge in [0.15, 0.2) is 0 Å². The van der Waals surface area contributed by atoms with Crippen LogP contribution < -0.4 is 5.73 Å². The molecule has 1 saturated heterocycles. The summed E-state index contributed by atoms with van der Waals surface area (Å²) >= 11 is 0. The lowest BCUT2D eigenvalue weighted by Crippen LogP contribution is -2.43. The third-order valence-electron chi connectivity index (χ3n) is 2.94. The molecule has 1 aliphatic heterocycles. The Labute approximate surface area is 96.6 Å². The topological polar surface area (TPSA) is 75.8 Å². The minimum absolute atomic E-state index is 0.0602. The maximum Gasteiger partial charge on any atom is 0.218 e. The van der Waals surface area contributed by atoms with Crippen molar-refractivity contribution < 1.29 is 14.6 Å². The summed E-state index contributed by atoms with van der Waals surface area (Å²) in [5.41, 5.74) is 5.23. The maximum absolute atomic E-state index is 10.9. The highest BCUT2D eigenvalue weighted by Crippen LogP contribution is 2.18. The van der Waals surface area contributed by atoms with Crippen LogP contribution in [0.2, 0.25) is 0 Å². The number of carbonyl (C=O) groups excluding carboxylic acids is 1. The van der Waals surface area contributed by atoms with Crippen molar-refractivity contribution in [2.45, 2.75) is 31.7 Å². The normalized spacial score (nSPS) is 22.2. The fraction of sp³-hybridized carbons (Fsp3) is 0.909. The summed E-state index contributed by atoms with van der Waals surface area (Å²) in [6, 6.07) is 0.281. The summed E-state index contributed by atoms with van der Waals surface area (Å²) < 4.78 is 5.23. The SMILES string of the molecule is NC(=O)CC1CCCCN1CCOCCO. The first-order valence-corrected chi connectivity index (χ1v) is 5.95. The van der Waals surface area contributed by atoms with E-state index in [2.05, 4.69) is 4.90 Å². The van der Waals surface area contributed by atoms with E-state index in [9.17, 15) is 4.79 Å². The second-order valence-corrected chi connectivity index (χ2v) is 4.19. The molecule has 1 fully saturated rings. The third-order valence-corrected chi connectivity index (χ3v) is 2.94. The summed E-state index contributed by atoms with van der Waals surface area (Å²) in [4.78, 5) is 13.2. The van der Waals surface area contributed by atoms with Crippen molar-refractivity contribution in [2.75, 3.05) is 32.9 Å². The van der Waals surface area contributed by atoms with E-state index < -0.39 is 0 Å². The van der Waals surface area contributed by atoms with Crippen LogP contribution in [0.15, 0.2) is 0 Å². The van der Waals surface area contributed by atoms with Crippen LogP contribution in [0.1, 0.15) is 25.7 Å². The van der Waals surface area contributed by atoms with Crippen LogP contribution in [-0.4, -0.2) is 54.9 Å². The molecule has 1 aliphatic rings. The zero-order chi connectivity index (χ0) is 11.8. The second kappa shape index (κ2) is 7.60. The number of rotatable bonds is 7. The van der Waals surface area contributed by atoms with Crippen LogP contribution >= 0.6 is 0 Å². The van der Waals surface area contributed by atoms with Gasteiger partial charge in [-0.05, 0) is 19.4 Å². The average molecular weight is 230 g/mol. The minimum Gasteiger partial charge on any atom is -0.394 e. The van der Waals surface area contributed by atoms with Gasteiger partial charge in [0.25, 0.3) is 0 Å². The Morgan fingerprint density at radius 1 is 1.44 bits per heavy atom. The third kappa shape index (κ3) is 4.92. The lowest BCUT2D eigenvalue weighted by atomic mass is 9.99. The lowest BCUT2D eigenvalue weighted by molar-refractivity contribution is -0.119. The molecule has 0 aromatic carbocycles. The van der Waals surface area contributed by atoms with E-state index in [1.807, 2.05) is 0 Å². The molecule has 0 aromatic heterocycles. The lowest BCUT2D eigenvalue weighted by Gasteiger charge is -2.34. The van der Waals surface area contributed by atoms with Crippen molar-refractivity contribution >= 4 is 5.91 Å². The van der Waals surface area contributed by atoms with E-state index in [0.29, 0.717) is 19.6 Å². The first kappa shape index (κ1) is 13.4. The highest BCUT2D eigenvalue weighted by molar-refractivity contribution is 5.74. The fourth-order valence-electron chi connectivity index (χ4n) is 2.17. The molecule has 0 bridgehead atoms. The Kier molecular flexibility index (Phi) is 6.37. The molecule has 0 spiro atoms. The van der Waals surface area contributed by atoms with Gasteiger partial charge in [0.2, 0.25) is 5.91 Å². The number of nitrogens with two attached hydrogens (primary N) is 1. The Bertz CT molecular complexity index is 211. The van der Waals surface area contributed by atoms with E-state index in [1.165, 1.54) is 12.8 Å². The predicted octanol–water partition coefficient (Wildman–Crippen LogP) is -0.275. The number of aliphatic hydroxyl groups excluding tert-OH is 1. The molecule has 1 rings (SSSR count). The van der Waals surface area contributed by atoms with Crippen molar-refractivity contribution in [3.05, 3.63) is 0 Å². The van der Waals surface area contributed by atoms with Crippen molar-refractivity contribution in [3.63, 3.8) is 0 Å². The predicted molar refractivity (Wildman–Crippen MR) is 60.9 cm³/mol. The van der Waals surface area contributed by atoms with Crippen molar-refractivity contribution in [3.8, 4) is 0 Å². The van der Waals surface area contributed by atoms with Gasteiger partial charge in [-0.1, -0.05) is 6.42 Å². The molecule has 0 aliphatic carbocycles. The molecule has 0 aromatic rings. The Morgan fingerprint density at radius 2 is 2.25 bits per heavy atom. The highest BCUT2D eigenvalue weighted by Gasteiger charge is 2.23. The quantitative estimate of drug-likeness (QED) is 0.590. The van der Waals surface area contributed by atoms with E-state index in [0.717, 1.165) is 19.5 Å². The van der Waals surface area contributed by atoms with Crippen molar-refractivity contribution in [2.24, 2.45) is 5.73 Å². The van der Waals surface area contributed by atoms with Crippen LogP contribution in [-0.2, 0) is 9.53 Å². The van der Waals surface area contributed by atoms with Crippen molar-refractivity contribution in [1.29, 1.82) is 0 Å². The molecule has 1 amide bonds. The minimum atomic E-state index is -0.229. The van der Waals surface area contributed by atoms with Crippen LogP contribution in [0.25, 0.3) is 0 Å². The average Bonchev–Trinajstić information content (AvgIpc) is 2.26. The number of piperidine rings is 1. The molecule has 16 heavy (non-hydrogen) atoms. The van der Waals surface area contributed by atoms with Gasteiger partial charge in [-0.25, -0.2) is 0 Å². The number of hydrogen-bond acceptors (Lipinski definition) is 4. The van der Waals surface area contributed by atoms with Gasteiger partial charge in [-0.3, -0.25) is 9.69 Å². The second-order valence-electron chi connectivity index (χ2n) is 4.19. The molecule has 0 saturated carbocycles. The van der Waals surface area contributed by atoms with Crippen LogP contribution in [0, 0.1) is 0 Å². The van der Waals surface area contributed by atoms with Gasteiger partial charge in [0.05, 0.1) is 19.8 Å². The Balaban J connectivity index is 2.26. The smallest absolute Gasteiger partial charge is 0.218 e. The van der Waals surface area contributed by atoms with Crippen LogP contribution in [0.3, 0.4) is 0 Å².